The summed E-state index contributed by atoms with van der Waals surface area (Å²) in [7, 11) is 0. The van der Waals surface area contributed by atoms with Gasteiger partial charge in [0.25, 0.3) is 0 Å². The van der Waals surface area contributed by atoms with Crippen LogP contribution in [-0.2, 0) is 4.79 Å². The number of hydrogen-bond donors (Lipinski definition) is 0. The minimum Gasteiger partial charge on any atom is -0.303 e. The topological polar surface area (TPSA) is 17.1 Å². The van der Waals surface area contributed by atoms with Crippen LogP contribution in [0.25, 0.3) is 0 Å². The van der Waals surface area contributed by atoms with E-state index in [1.165, 1.54) is 0 Å². The number of rotatable bonds is 3. The maximum absolute atomic E-state index is 10.8. The Balaban J connectivity index is 4.22. The van der Waals surface area contributed by atoms with Gasteiger partial charge in [0.05, 0.1) is 0 Å². The van der Waals surface area contributed by atoms with Gasteiger partial charge in [-0.1, -0.05) is 41.5 Å². The van der Waals surface area contributed by atoms with Crippen LogP contribution >= 0.6 is 0 Å². The van der Waals surface area contributed by atoms with E-state index in [9.17, 15) is 4.79 Å². The van der Waals surface area contributed by atoms with Gasteiger partial charge in [0, 0.05) is 5.41 Å². The molecule has 1 heteroatoms. The molecule has 0 amide bonds. The Kier molecular flexibility index (Phi) is 3.49. The molecule has 0 heterocycles. The first-order valence-electron chi connectivity index (χ1n) is 4.65. The van der Waals surface area contributed by atoms with Gasteiger partial charge >= 0.3 is 0 Å². The summed E-state index contributed by atoms with van der Waals surface area (Å²) in [6.45, 7) is 12.8. The van der Waals surface area contributed by atoms with E-state index in [4.69, 9.17) is 0 Å². The van der Waals surface area contributed by atoms with Crippen LogP contribution < -0.4 is 0 Å². The highest BCUT2D eigenvalue weighted by Gasteiger charge is 2.28. The third kappa shape index (κ3) is 3.89. The predicted molar refractivity (Wildman–Crippen MR) is 53.1 cm³/mol. The summed E-state index contributed by atoms with van der Waals surface area (Å²) in [6.07, 6.45) is 2.17. The molecule has 1 atom stereocenters. The molecule has 0 radical (unpaired) electrons. The van der Waals surface area contributed by atoms with Crippen LogP contribution in [0.4, 0.5) is 0 Å². The van der Waals surface area contributed by atoms with Crippen LogP contribution in [0.2, 0.25) is 0 Å². The zero-order valence-corrected chi connectivity index (χ0v) is 9.27. The second-order valence-electron chi connectivity index (χ2n) is 5.61. The monoisotopic (exact) mass is 170 g/mol. The molecule has 0 rings (SSSR count). The van der Waals surface area contributed by atoms with E-state index in [-0.39, 0.29) is 5.41 Å². The average Bonchev–Trinajstić information content (AvgIpc) is 1.84. The summed E-state index contributed by atoms with van der Waals surface area (Å²) < 4.78 is 0. The number of aldehydes is 1. The third-order valence-corrected chi connectivity index (χ3v) is 2.49. The van der Waals surface area contributed by atoms with Crippen molar-refractivity contribution >= 4 is 6.29 Å². The first kappa shape index (κ1) is 11.7. The Morgan fingerprint density at radius 1 is 1.17 bits per heavy atom. The third-order valence-electron chi connectivity index (χ3n) is 2.49. The van der Waals surface area contributed by atoms with Crippen molar-refractivity contribution in [2.75, 3.05) is 0 Å². The first-order chi connectivity index (χ1) is 5.19. The Bertz CT molecular complexity index is 151. The van der Waals surface area contributed by atoms with E-state index in [0.29, 0.717) is 11.3 Å². The van der Waals surface area contributed by atoms with Gasteiger partial charge in [-0.05, 0) is 17.8 Å². The van der Waals surface area contributed by atoms with E-state index < -0.39 is 0 Å². The van der Waals surface area contributed by atoms with Gasteiger partial charge in [0.15, 0.2) is 0 Å². The fourth-order valence-corrected chi connectivity index (χ4v) is 1.30. The Morgan fingerprint density at radius 3 is 1.83 bits per heavy atom. The van der Waals surface area contributed by atoms with Gasteiger partial charge in [0.1, 0.15) is 6.29 Å². The lowest BCUT2D eigenvalue weighted by Gasteiger charge is -2.31. The molecule has 12 heavy (non-hydrogen) atoms. The lowest BCUT2D eigenvalue weighted by Crippen LogP contribution is -2.27. The number of hydrogen-bond acceptors (Lipinski definition) is 1. The smallest absolute Gasteiger partial charge is 0.125 e. The molecule has 0 aromatic carbocycles. The van der Waals surface area contributed by atoms with Crippen LogP contribution in [0.15, 0.2) is 0 Å². The van der Waals surface area contributed by atoms with Crippen LogP contribution in [-0.4, -0.2) is 6.29 Å². The van der Waals surface area contributed by atoms with Crippen molar-refractivity contribution in [1.29, 1.82) is 0 Å². The molecule has 0 bridgehead atoms. The number of carbonyl (C=O) groups excluding carboxylic acids is 1. The molecular formula is C11H22O. The van der Waals surface area contributed by atoms with Gasteiger partial charge in [-0.3, -0.25) is 0 Å². The van der Waals surface area contributed by atoms with E-state index >= 15 is 0 Å². The van der Waals surface area contributed by atoms with Crippen molar-refractivity contribution in [2.24, 2.45) is 16.7 Å². The zero-order valence-electron chi connectivity index (χ0n) is 9.27. The minimum absolute atomic E-state index is 0.173. The maximum Gasteiger partial charge on any atom is 0.125 e. The van der Waals surface area contributed by atoms with Crippen molar-refractivity contribution in [3.63, 3.8) is 0 Å². The van der Waals surface area contributed by atoms with Gasteiger partial charge in [0.2, 0.25) is 0 Å². The van der Waals surface area contributed by atoms with Crippen molar-refractivity contribution in [3.8, 4) is 0 Å². The van der Waals surface area contributed by atoms with Crippen molar-refractivity contribution < 1.29 is 4.79 Å². The molecule has 0 aromatic heterocycles. The number of carbonyl (C=O) groups is 1. The molecular weight excluding hydrogens is 148 g/mol. The minimum atomic E-state index is -0.173. The van der Waals surface area contributed by atoms with E-state index in [0.717, 1.165) is 12.7 Å². The Labute approximate surface area is 76.6 Å². The van der Waals surface area contributed by atoms with Gasteiger partial charge < -0.3 is 4.79 Å². The summed E-state index contributed by atoms with van der Waals surface area (Å²) in [4.78, 5) is 10.8. The molecule has 0 aliphatic heterocycles. The molecule has 0 aliphatic rings. The summed E-state index contributed by atoms with van der Waals surface area (Å²) in [5.74, 6) is 0.454. The first-order valence-corrected chi connectivity index (χ1v) is 4.65. The Hall–Kier alpha value is -0.330. The molecule has 1 nitrogen and oxygen atoms in total. The second kappa shape index (κ2) is 3.59. The normalized spacial score (nSPS) is 15.8. The molecule has 0 saturated carbocycles. The molecule has 0 aromatic rings. The molecule has 72 valence electrons. The van der Waals surface area contributed by atoms with Crippen LogP contribution in [0.3, 0.4) is 0 Å². The van der Waals surface area contributed by atoms with Gasteiger partial charge in [-0.2, -0.15) is 0 Å². The lowest BCUT2D eigenvalue weighted by atomic mass is 9.73. The van der Waals surface area contributed by atoms with Crippen molar-refractivity contribution in [3.05, 3.63) is 0 Å². The molecule has 0 spiro atoms. The summed E-state index contributed by atoms with van der Waals surface area (Å²) >= 11 is 0. The van der Waals surface area contributed by atoms with Gasteiger partial charge in [-0.25, -0.2) is 0 Å². The zero-order chi connectivity index (χ0) is 9.99. The van der Waals surface area contributed by atoms with Crippen LogP contribution in [0, 0.1) is 16.7 Å². The highest BCUT2D eigenvalue weighted by Crippen LogP contribution is 2.34. The fourth-order valence-electron chi connectivity index (χ4n) is 1.30. The van der Waals surface area contributed by atoms with Crippen molar-refractivity contribution in [2.45, 2.75) is 48.0 Å². The highest BCUT2D eigenvalue weighted by atomic mass is 16.1. The van der Waals surface area contributed by atoms with E-state index in [1.807, 2.05) is 13.8 Å². The van der Waals surface area contributed by atoms with Crippen LogP contribution in [0.1, 0.15) is 48.0 Å². The molecule has 0 fully saturated rings. The largest absolute Gasteiger partial charge is 0.303 e. The Morgan fingerprint density at radius 2 is 1.58 bits per heavy atom. The standard InChI is InChI=1S/C11H22O/c1-9(7-10(2,3)4)11(5,6)8-12/h8-9H,7H2,1-6H3. The average molecular weight is 170 g/mol. The van der Waals surface area contributed by atoms with Gasteiger partial charge in [-0.15, -0.1) is 0 Å². The molecule has 0 N–H and O–H groups in total. The van der Waals surface area contributed by atoms with E-state index in [1.54, 1.807) is 0 Å². The second-order valence-corrected chi connectivity index (χ2v) is 5.61. The van der Waals surface area contributed by atoms with Crippen LogP contribution in [0.5, 0.6) is 0 Å². The summed E-state index contributed by atoms with van der Waals surface area (Å²) in [6, 6.07) is 0. The fraction of sp³-hybridized carbons (Fsp3) is 0.909. The summed E-state index contributed by atoms with van der Waals surface area (Å²) in [5.41, 5.74) is 0.146. The maximum atomic E-state index is 10.8. The molecule has 1 unspecified atom stereocenters. The van der Waals surface area contributed by atoms with Crippen molar-refractivity contribution in [1.82, 2.24) is 0 Å². The SMILES string of the molecule is CC(CC(C)(C)C)C(C)(C)C=O. The quantitative estimate of drug-likeness (QED) is 0.594. The highest BCUT2D eigenvalue weighted by molar-refractivity contribution is 5.58. The molecule has 0 aliphatic carbocycles. The summed E-state index contributed by atoms with van der Waals surface area (Å²) in [5, 5.41) is 0. The van der Waals surface area contributed by atoms with E-state index in [2.05, 4.69) is 27.7 Å². The predicted octanol–water partition coefficient (Wildman–Crippen LogP) is 3.28. The lowest BCUT2D eigenvalue weighted by molar-refractivity contribution is -0.117. The molecule has 0 saturated heterocycles.